The van der Waals surface area contributed by atoms with Gasteiger partial charge in [-0.2, -0.15) is 0 Å². The molecule has 0 bridgehead atoms. The molecule has 0 aliphatic heterocycles. The van der Waals surface area contributed by atoms with E-state index in [1.807, 2.05) is 6.08 Å². The number of rotatable bonds is 5. The van der Waals surface area contributed by atoms with Gasteiger partial charge in [0.15, 0.2) is 0 Å². The van der Waals surface area contributed by atoms with Crippen LogP contribution in [0.5, 0.6) is 0 Å². The van der Waals surface area contributed by atoms with Crippen molar-refractivity contribution in [3.8, 4) is 0 Å². The highest BCUT2D eigenvalue weighted by atomic mass is 14.9. The number of hydrogen-bond acceptors (Lipinski definition) is 2. The summed E-state index contributed by atoms with van der Waals surface area (Å²) in [6, 6.07) is 0.631. The monoisotopic (exact) mass is 142 g/mol. The summed E-state index contributed by atoms with van der Waals surface area (Å²) in [4.78, 5) is 0. The Morgan fingerprint density at radius 2 is 2.30 bits per heavy atom. The zero-order valence-corrected chi connectivity index (χ0v) is 6.93. The number of nitrogens with two attached hydrogens (primary N) is 1. The van der Waals surface area contributed by atoms with Crippen LogP contribution < -0.4 is 11.1 Å². The Hall–Kier alpha value is -0.500. The number of nitrogens with one attached hydrogen (secondary N) is 1. The summed E-state index contributed by atoms with van der Waals surface area (Å²) in [7, 11) is 0. The molecule has 1 atom stereocenters. The molecule has 0 fully saturated rings. The third-order valence-corrected chi connectivity index (χ3v) is 1.55. The van der Waals surface area contributed by atoms with E-state index in [2.05, 4.69) is 19.2 Å². The summed E-state index contributed by atoms with van der Waals surface area (Å²) in [5.41, 5.74) is 5.17. The van der Waals surface area contributed by atoms with Gasteiger partial charge >= 0.3 is 0 Å². The lowest BCUT2D eigenvalue weighted by molar-refractivity contribution is 0.540. The van der Waals surface area contributed by atoms with Crippen LogP contribution in [0.25, 0.3) is 0 Å². The summed E-state index contributed by atoms with van der Waals surface area (Å²) in [5, 5.41) is 3.36. The minimum absolute atomic E-state index is 0.631. The third-order valence-electron chi connectivity index (χ3n) is 1.55. The molecule has 0 radical (unpaired) electrons. The van der Waals surface area contributed by atoms with Gasteiger partial charge in [0.2, 0.25) is 0 Å². The van der Waals surface area contributed by atoms with Crippen molar-refractivity contribution in [2.24, 2.45) is 5.73 Å². The summed E-state index contributed by atoms with van der Waals surface area (Å²) < 4.78 is 0. The molecule has 0 heterocycles. The summed E-state index contributed by atoms with van der Waals surface area (Å²) in [6.45, 7) is 5.39. The second-order valence-corrected chi connectivity index (χ2v) is 2.48. The Morgan fingerprint density at radius 3 is 2.80 bits per heavy atom. The van der Waals surface area contributed by atoms with Crippen LogP contribution >= 0.6 is 0 Å². The van der Waals surface area contributed by atoms with Crippen molar-refractivity contribution in [2.45, 2.75) is 32.7 Å². The molecule has 0 amide bonds. The molecule has 0 aromatic rings. The van der Waals surface area contributed by atoms with E-state index < -0.39 is 0 Å². The Bertz CT molecular complexity index is 89.3. The molecule has 0 aliphatic carbocycles. The van der Waals surface area contributed by atoms with E-state index >= 15 is 0 Å². The molecular formula is C8H18N2. The summed E-state index contributed by atoms with van der Waals surface area (Å²) in [5.74, 6) is 0. The van der Waals surface area contributed by atoms with Crippen LogP contribution in [0.15, 0.2) is 12.3 Å². The fourth-order valence-electron chi connectivity index (χ4n) is 0.654. The van der Waals surface area contributed by atoms with Gasteiger partial charge in [-0.1, -0.05) is 13.0 Å². The van der Waals surface area contributed by atoms with E-state index in [-0.39, 0.29) is 0 Å². The van der Waals surface area contributed by atoms with Gasteiger partial charge in [-0.3, -0.25) is 0 Å². The van der Waals surface area contributed by atoms with Crippen LogP contribution in [0, 0.1) is 0 Å². The Kier molecular flexibility index (Phi) is 6.29. The maximum atomic E-state index is 5.17. The van der Waals surface area contributed by atoms with Crippen LogP contribution in [-0.4, -0.2) is 12.6 Å². The van der Waals surface area contributed by atoms with Crippen LogP contribution in [0.3, 0.4) is 0 Å². The molecule has 10 heavy (non-hydrogen) atoms. The zero-order chi connectivity index (χ0) is 7.82. The first-order valence-electron chi connectivity index (χ1n) is 3.91. The molecule has 0 rings (SSSR count). The topological polar surface area (TPSA) is 38.0 Å². The highest BCUT2D eigenvalue weighted by Crippen LogP contribution is 1.87. The Balaban J connectivity index is 3.03. The van der Waals surface area contributed by atoms with Gasteiger partial charge in [0.25, 0.3) is 0 Å². The average molecular weight is 142 g/mol. The maximum Gasteiger partial charge on any atom is 0.00362 e. The van der Waals surface area contributed by atoms with Crippen LogP contribution in [0.4, 0.5) is 0 Å². The van der Waals surface area contributed by atoms with Crippen LogP contribution in [0.2, 0.25) is 0 Å². The van der Waals surface area contributed by atoms with E-state index in [1.54, 1.807) is 6.20 Å². The molecule has 0 saturated heterocycles. The van der Waals surface area contributed by atoms with Gasteiger partial charge < -0.3 is 11.1 Å². The second-order valence-electron chi connectivity index (χ2n) is 2.48. The Morgan fingerprint density at radius 1 is 1.60 bits per heavy atom. The highest BCUT2D eigenvalue weighted by Gasteiger charge is 1.93. The van der Waals surface area contributed by atoms with Crippen molar-refractivity contribution in [3.05, 3.63) is 12.3 Å². The molecule has 1 unspecified atom stereocenters. The van der Waals surface area contributed by atoms with Crippen LogP contribution in [0.1, 0.15) is 26.7 Å². The van der Waals surface area contributed by atoms with Gasteiger partial charge in [-0.25, -0.2) is 0 Å². The van der Waals surface area contributed by atoms with Crippen molar-refractivity contribution in [2.75, 3.05) is 6.54 Å². The van der Waals surface area contributed by atoms with Crippen molar-refractivity contribution >= 4 is 0 Å². The van der Waals surface area contributed by atoms with Crippen molar-refractivity contribution in [1.29, 1.82) is 0 Å². The maximum absolute atomic E-state index is 5.17. The smallest absolute Gasteiger partial charge is 0.00362 e. The molecule has 0 aromatic heterocycles. The molecule has 0 aliphatic rings. The van der Waals surface area contributed by atoms with Gasteiger partial charge in [0.1, 0.15) is 0 Å². The lowest BCUT2D eigenvalue weighted by Crippen LogP contribution is -2.25. The minimum Gasteiger partial charge on any atom is -0.405 e. The number of hydrogen-bond donors (Lipinski definition) is 2. The fourth-order valence-corrected chi connectivity index (χ4v) is 0.654. The summed E-state index contributed by atoms with van der Waals surface area (Å²) >= 11 is 0. The molecule has 0 spiro atoms. The van der Waals surface area contributed by atoms with Crippen molar-refractivity contribution < 1.29 is 0 Å². The third kappa shape index (κ3) is 5.63. The molecule has 0 aromatic carbocycles. The first-order valence-corrected chi connectivity index (χ1v) is 3.91. The molecule has 3 N–H and O–H groups in total. The fraction of sp³-hybridized carbons (Fsp3) is 0.750. The molecule has 60 valence electrons. The average Bonchev–Trinajstić information content (AvgIpc) is 1.98. The van der Waals surface area contributed by atoms with Gasteiger partial charge in [-0.15, -0.1) is 0 Å². The van der Waals surface area contributed by atoms with Crippen LogP contribution in [-0.2, 0) is 0 Å². The normalized spacial score (nSPS) is 14.2. The lowest BCUT2D eigenvalue weighted by atomic mass is 10.2. The first kappa shape index (κ1) is 9.50. The SMILES string of the molecule is CCC(C)NCC/C=C\N. The van der Waals surface area contributed by atoms with E-state index in [4.69, 9.17) is 5.73 Å². The van der Waals surface area contributed by atoms with E-state index in [0.29, 0.717) is 6.04 Å². The standard InChI is InChI=1S/C8H18N2/c1-3-8(2)10-7-5-4-6-9/h4,6,8,10H,3,5,7,9H2,1-2H3/b6-4-. The minimum atomic E-state index is 0.631. The first-order chi connectivity index (χ1) is 4.81. The van der Waals surface area contributed by atoms with Gasteiger partial charge in [0, 0.05) is 6.04 Å². The van der Waals surface area contributed by atoms with E-state index in [1.165, 1.54) is 6.42 Å². The van der Waals surface area contributed by atoms with Gasteiger partial charge in [-0.05, 0) is 32.5 Å². The predicted molar refractivity (Wildman–Crippen MR) is 45.7 cm³/mol. The predicted octanol–water partition coefficient (Wildman–Crippen LogP) is 1.24. The largest absolute Gasteiger partial charge is 0.405 e. The lowest BCUT2D eigenvalue weighted by Gasteiger charge is -2.08. The van der Waals surface area contributed by atoms with Crippen molar-refractivity contribution in [3.63, 3.8) is 0 Å². The van der Waals surface area contributed by atoms with E-state index in [9.17, 15) is 0 Å². The quantitative estimate of drug-likeness (QED) is 0.567. The van der Waals surface area contributed by atoms with Gasteiger partial charge in [0.05, 0.1) is 0 Å². The molecule has 0 saturated carbocycles. The summed E-state index contributed by atoms with van der Waals surface area (Å²) in [6.07, 6.45) is 5.78. The zero-order valence-electron chi connectivity index (χ0n) is 6.93. The van der Waals surface area contributed by atoms with Crippen molar-refractivity contribution in [1.82, 2.24) is 5.32 Å². The molecular weight excluding hydrogens is 124 g/mol. The molecule has 2 nitrogen and oxygen atoms in total. The Labute approximate surface area is 63.5 Å². The second kappa shape index (κ2) is 6.62. The highest BCUT2D eigenvalue weighted by molar-refractivity contribution is 4.76. The molecule has 2 heteroatoms. The van der Waals surface area contributed by atoms with E-state index in [0.717, 1.165) is 13.0 Å².